The normalized spacial score (nSPS) is 11.5. The van der Waals surface area contributed by atoms with Gasteiger partial charge in [-0.15, -0.1) is 0 Å². The molecule has 22 heavy (non-hydrogen) atoms. The number of amides is 1. The van der Waals surface area contributed by atoms with E-state index in [2.05, 4.69) is 5.32 Å². The first-order valence-electron chi connectivity index (χ1n) is 7.22. The van der Waals surface area contributed by atoms with Gasteiger partial charge in [-0.1, -0.05) is 31.5 Å². The predicted octanol–water partition coefficient (Wildman–Crippen LogP) is 1.37. The van der Waals surface area contributed by atoms with Crippen molar-refractivity contribution in [3.05, 3.63) is 29.8 Å². The van der Waals surface area contributed by atoms with Gasteiger partial charge in [-0.3, -0.25) is 4.79 Å². The Kier molecular flexibility index (Phi) is 7.34. The summed E-state index contributed by atoms with van der Waals surface area (Å²) in [6.07, 6.45) is 2.72. The second-order valence-electron chi connectivity index (χ2n) is 5.04. The highest BCUT2D eigenvalue weighted by atomic mass is 32.2. The van der Waals surface area contributed by atoms with Gasteiger partial charge in [0, 0.05) is 18.7 Å². The highest BCUT2D eigenvalue weighted by molar-refractivity contribution is 7.88. The quantitative estimate of drug-likeness (QED) is 0.743. The monoisotopic (exact) mass is 328 g/mol. The van der Waals surface area contributed by atoms with Crippen LogP contribution in [0.15, 0.2) is 24.3 Å². The molecule has 1 aromatic carbocycles. The highest BCUT2D eigenvalue weighted by Crippen LogP contribution is 2.16. The molecule has 1 rings (SSSR count). The number of nitrogens with one attached hydrogen (secondary N) is 1. The van der Waals surface area contributed by atoms with Gasteiger partial charge in [0.2, 0.25) is 15.9 Å². The Bertz CT molecular complexity index is 587. The highest BCUT2D eigenvalue weighted by Gasteiger charge is 2.19. The first kappa shape index (κ1) is 18.4. The van der Waals surface area contributed by atoms with E-state index in [1.165, 1.54) is 4.31 Å². The second-order valence-corrected chi connectivity index (χ2v) is 7.02. The smallest absolute Gasteiger partial charge is 0.235 e. The van der Waals surface area contributed by atoms with Crippen molar-refractivity contribution in [3.63, 3.8) is 0 Å². The van der Waals surface area contributed by atoms with Gasteiger partial charge >= 0.3 is 0 Å². The van der Waals surface area contributed by atoms with Crippen molar-refractivity contribution in [1.29, 1.82) is 0 Å². The van der Waals surface area contributed by atoms with Crippen LogP contribution in [0.5, 0.6) is 5.75 Å². The van der Waals surface area contributed by atoms with Crippen LogP contribution in [0.1, 0.15) is 25.3 Å². The van der Waals surface area contributed by atoms with E-state index < -0.39 is 10.0 Å². The van der Waals surface area contributed by atoms with Gasteiger partial charge in [0.05, 0.1) is 19.9 Å². The standard InChI is InChI=1S/C15H24N2O4S/c1-4-5-10-17(22(3,19)20)12-15(18)16-11-13-8-6-7-9-14(13)21-2/h6-9H,4-5,10-12H2,1-3H3,(H,16,18). The Hall–Kier alpha value is -1.60. The SMILES string of the molecule is CCCCN(CC(=O)NCc1ccccc1OC)S(C)(=O)=O. The lowest BCUT2D eigenvalue weighted by atomic mass is 10.2. The van der Waals surface area contributed by atoms with E-state index in [0.29, 0.717) is 18.8 Å². The van der Waals surface area contributed by atoms with E-state index >= 15 is 0 Å². The maximum absolute atomic E-state index is 12.0. The first-order chi connectivity index (χ1) is 10.4. The summed E-state index contributed by atoms with van der Waals surface area (Å²) in [5, 5.41) is 2.73. The molecule has 0 aliphatic heterocycles. The maximum Gasteiger partial charge on any atom is 0.235 e. The van der Waals surface area contributed by atoms with Crippen LogP contribution in [0.25, 0.3) is 0 Å². The molecular weight excluding hydrogens is 304 g/mol. The van der Waals surface area contributed by atoms with E-state index in [1.807, 2.05) is 31.2 Å². The average molecular weight is 328 g/mol. The molecule has 0 spiro atoms. The van der Waals surface area contributed by atoms with Gasteiger partial charge < -0.3 is 10.1 Å². The molecular formula is C15H24N2O4S. The Morgan fingerprint density at radius 3 is 2.59 bits per heavy atom. The van der Waals surface area contributed by atoms with E-state index in [1.54, 1.807) is 7.11 Å². The van der Waals surface area contributed by atoms with Crippen LogP contribution in [-0.4, -0.2) is 45.1 Å². The Balaban J connectivity index is 2.60. The summed E-state index contributed by atoms with van der Waals surface area (Å²) in [4.78, 5) is 12.0. The summed E-state index contributed by atoms with van der Waals surface area (Å²) >= 11 is 0. The van der Waals surface area contributed by atoms with E-state index in [4.69, 9.17) is 4.74 Å². The number of methoxy groups -OCH3 is 1. The zero-order valence-electron chi connectivity index (χ0n) is 13.3. The number of sulfonamides is 1. The molecule has 0 saturated heterocycles. The number of carbonyl (C=O) groups excluding carboxylic acids is 1. The first-order valence-corrected chi connectivity index (χ1v) is 9.07. The van der Waals surface area contributed by atoms with Gasteiger partial charge in [0.25, 0.3) is 0 Å². The fraction of sp³-hybridized carbons (Fsp3) is 0.533. The summed E-state index contributed by atoms with van der Waals surface area (Å²) in [5.74, 6) is 0.362. The number of hydrogen-bond acceptors (Lipinski definition) is 4. The molecule has 1 N–H and O–H groups in total. The summed E-state index contributed by atoms with van der Waals surface area (Å²) in [6.45, 7) is 2.47. The van der Waals surface area contributed by atoms with Gasteiger partial charge in [-0.2, -0.15) is 4.31 Å². The Morgan fingerprint density at radius 1 is 1.32 bits per heavy atom. The van der Waals surface area contributed by atoms with Gasteiger partial charge in [-0.25, -0.2) is 8.42 Å². The molecule has 0 aliphatic carbocycles. The van der Waals surface area contributed by atoms with Crippen molar-refractivity contribution in [2.75, 3.05) is 26.5 Å². The largest absolute Gasteiger partial charge is 0.496 e. The van der Waals surface area contributed by atoms with E-state index in [-0.39, 0.29) is 12.5 Å². The third kappa shape index (κ3) is 6.03. The third-order valence-electron chi connectivity index (χ3n) is 3.22. The second kappa shape index (κ2) is 8.75. The molecule has 0 atom stereocenters. The predicted molar refractivity (Wildman–Crippen MR) is 86.2 cm³/mol. The van der Waals surface area contributed by atoms with Crippen LogP contribution < -0.4 is 10.1 Å². The number of rotatable bonds is 9. The Morgan fingerprint density at radius 2 is 2.00 bits per heavy atom. The van der Waals surface area contributed by atoms with Crippen molar-refractivity contribution < 1.29 is 17.9 Å². The van der Waals surface area contributed by atoms with Crippen LogP contribution >= 0.6 is 0 Å². The lowest BCUT2D eigenvalue weighted by molar-refractivity contribution is -0.121. The molecule has 1 aromatic rings. The summed E-state index contributed by atoms with van der Waals surface area (Å²) in [6, 6.07) is 7.37. The van der Waals surface area contributed by atoms with Crippen molar-refractivity contribution >= 4 is 15.9 Å². The lowest BCUT2D eigenvalue weighted by Gasteiger charge is -2.19. The fourth-order valence-electron chi connectivity index (χ4n) is 1.96. The maximum atomic E-state index is 12.0. The van der Waals surface area contributed by atoms with Crippen molar-refractivity contribution in [1.82, 2.24) is 9.62 Å². The molecule has 0 fully saturated rings. The van der Waals surface area contributed by atoms with Crippen molar-refractivity contribution in [3.8, 4) is 5.75 Å². The van der Waals surface area contributed by atoms with E-state index in [9.17, 15) is 13.2 Å². The molecule has 0 bridgehead atoms. The van der Waals surface area contributed by atoms with E-state index in [0.717, 1.165) is 24.7 Å². The molecule has 0 unspecified atom stereocenters. The number of nitrogens with zero attached hydrogens (tertiary/aromatic N) is 1. The Labute approximate surface area is 132 Å². The zero-order chi connectivity index (χ0) is 16.6. The van der Waals surface area contributed by atoms with Gasteiger partial charge in [-0.05, 0) is 12.5 Å². The number of unbranched alkanes of at least 4 members (excludes halogenated alkanes) is 1. The van der Waals surface area contributed by atoms with Gasteiger partial charge in [0.1, 0.15) is 5.75 Å². The summed E-state index contributed by atoms with van der Waals surface area (Å²) in [7, 11) is -1.81. The van der Waals surface area contributed by atoms with Crippen LogP contribution in [0.3, 0.4) is 0 Å². The molecule has 0 heterocycles. The average Bonchev–Trinajstić information content (AvgIpc) is 2.48. The molecule has 0 aromatic heterocycles. The number of carbonyl (C=O) groups is 1. The topological polar surface area (TPSA) is 75.7 Å². The minimum atomic E-state index is -3.38. The third-order valence-corrected chi connectivity index (χ3v) is 4.47. The number of hydrogen-bond donors (Lipinski definition) is 1. The summed E-state index contributed by atoms with van der Waals surface area (Å²) < 4.78 is 29.8. The number of benzene rings is 1. The molecule has 1 amide bonds. The lowest BCUT2D eigenvalue weighted by Crippen LogP contribution is -2.40. The van der Waals surface area contributed by atoms with Crippen LogP contribution in [0, 0.1) is 0 Å². The number of para-hydroxylation sites is 1. The van der Waals surface area contributed by atoms with Crippen molar-refractivity contribution in [2.45, 2.75) is 26.3 Å². The fourth-order valence-corrected chi connectivity index (χ4v) is 2.77. The summed E-state index contributed by atoms with van der Waals surface area (Å²) in [5.41, 5.74) is 0.845. The van der Waals surface area contributed by atoms with Crippen LogP contribution in [0.2, 0.25) is 0 Å². The molecule has 0 aliphatic rings. The van der Waals surface area contributed by atoms with Crippen LogP contribution in [0.4, 0.5) is 0 Å². The number of ether oxygens (including phenoxy) is 1. The van der Waals surface area contributed by atoms with Crippen LogP contribution in [-0.2, 0) is 21.4 Å². The minimum Gasteiger partial charge on any atom is -0.496 e. The molecule has 7 heteroatoms. The molecule has 124 valence electrons. The minimum absolute atomic E-state index is 0.159. The zero-order valence-corrected chi connectivity index (χ0v) is 14.1. The van der Waals surface area contributed by atoms with Crippen molar-refractivity contribution in [2.24, 2.45) is 0 Å². The molecule has 0 saturated carbocycles. The molecule has 6 nitrogen and oxygen atoms in total. The van der Waals surface area contributed by atoms with Gasteiger partial charge in [0.15, 0.2) is 0 Å². The molecule has 0 radical (unpaired) electrons.